The molecule has 6 nitrogen and oxygen atoms in total. The molecule has 0 radical (unpaired) electrons. The van der Waals surface area contributed by atoms with Gasteiger partial charge in [-0.05, 0) is 55.6 Å². The third-order valence-electron chi connectivity index (χ3n) is 5.27. The Morgan fingerprint density at radius 3 is 2.13 bits per heavy atom. The van der Waals surface area contributed by atoms with E-state index in [4.69, 9.17) is 14.2 Å². The molecule has 6 heteroatoms. The number of rotatable bonds is 4. The Balaban J connectivity index is 2.41. The fraction of sp³-hybridized carbons (Fsp3) is 0.400. The van der Waals surface area contributed by atoms with Crippen molar-refractivity contribution in [1.29, 1.82) is 0 Å². The molecule has 0 aromatic heterocycles. The van der Waals surface area contributed by atoms with E-state index in [1.54, 1.807) is 57.2 Å². The molecular weight excluding hydrogens is 396 g/mol. The van der Waals surface area contributed by atoms with Crippen LogP contribution in [0.4, 0.5) is 0 Å². The van der Waals surface area contributed by atoms with E-state index in [0.717, 1.165) is 0 Å². The first-order valence-corrected chi connectivity index (χ1v) is 10.4. The number of hydrogen-bond acceptors (Lipinski definition) is 6. The van der Waals surface area contributed by atoms with Gasteiger partial charge in [-0.3, -0.25) is 4.79 Å². The molecule has 0 fully saturated rings. The number of para-hydroxylation sites is 1. The maximum atomic E-state index is 13.2. The van der Waals surface area contributed by atoms with Crippen LogP contribution in [-0.4, -0.2) is 36.5 Å². The van der Waals surface area contributed by atoms with E-state index in [-0.39, 0.29) is 19.0 Å². The Morgan fingerprint density at radius 1 is 1.00 bits per heavy atom. The average molecular weight is 424 g/mol. The summed E-state index contributed by atoms with van der Waals surface area (Å²) < 4.78 is 16.6. The molecule has 1 aromatic rings. The van der Waals surface area contributed by atoms with Gasteiger partial charge in [-0.2, -0.15) is 0 Å². The lowest BCUT2D eigenvalue weighted by Crippen LogP contribution is -2.52. The van der Waals surface area contributed by atoms with Crippen LogP contribution in [0.5, 0.6) is 5.75 Å². The number of Topliss-reactive ketones (excluding diaryl/α,β-unsaturated/α-hetero) is 1. The molecule has 0 unspecified atom stereocenters. The highest BCUT2D eigenvalue weighted by atomic mass is 16.6. The Morgan fingerprint density at radius 2 is 1.58 bits per heavy atom. The van der Waals surface area contributed by atoms with Crippen LogP contribution in [0.15, 0.2) is 53.1 Å². The summed E-state index contributed by atoms with van der Waals surface area (Å²) in [7, 11) is 0. The fourth-order valence-corrected chi connectivity index (χ4v) is 3.84. The Bertz CT molecular complexity index is 1010. The van der Waals surface area contributed by atoms with E-state index < -0.39 is 23.0 Å². The Kier molecular flexibility index (Phi) is 5.94. The highest BCUT2D eigenvalue weighted by molar-refractivity contribution is 6.20. The van der Waals surface area contributed by atoms with E-state index in [2.05, 4.69) is 0 Å². The van der Waals surface area contributed by atoms with Crippen LogP contribution in [0.2, 0.25) is 0 Å². The summed E-state index contributed by atoms with van der Waals surface area (Å²) in [6.07, 6.45) is 3.43. The second-order valence-corrected chi connectivity index (χ2v) is 8.52. The van der Waals surface area contributed by atoms with Crippen molar-refractivity contribution in [3.05, 3.63) is 58.7 Å². The van der Waals surface area contributed by atoms with E-state index >= 15 is 0 Å². The normalized spacial score (nSPS) is 19.7. The molecule has 0 saturated heterocycles. The minimum atomic E-state index is -2.11. The van der Waals surface area contributed by atoms with Crippen molar-refractivity contribution in [2.24, 2.45) is 5.41 Å². The van der Waals surface area contributed by atoms with Crippen LogP contribution in [0.3, 0.4) is 0 Å². The number of carbonyl (C=O) groups excluding carboxylic acids is 3. The number of esters is 2. The number of fused-ring (bicyclic) bond motifs is 1. The monoisotopic (exact) mass is 424 g/mol. The lowest BCUT2D eigenvalue weighted by Gasteiger charge is -2.29. The number of benzene rings is 1. The topological polar surface area (TPSA) is 78.9 Å². The van der Waals surface area contributed by atoms with Gasteiger partial charge in [0.2, 0.25) is 0 Å². The van der Waals surface area contributed by atoms with Crippen molar-refractivity contribution >= 4 is 23.3 Å². The summed E-state index contributed by atoms with van der Waals surface area (Å²) in [6, 6.07) is 7.03. The smallest absolute Gasteiger partial charge is 0.367 e. The standard InChI is InChI=1S/C25H28O6/c1-7-29-22(27)25(23(28)30-8-2)20(17-11-9-10-12-19(17)31-25)16-13-15(3)21(26)18(14-16)24(4,5)6/h9-14H,7-8H2,1-6H3/b20-16-. The molecular formula is C25H28O6. The molecule has 1 heterocycles. The quantitative estimate of drug-likeness (QED) is 0.532. The third kappa shape index (κ3) is 3.71. The Labute approximate surface area is 182 Å². The molecule has 1 aromatic carbocycles. The first-order chi connectivity index (χ1) is 14.6. The molecule has 31 heavy (non-hydrogen) atoms. The molecule has 0 saturated carbocycles. The molecule has 1 aliphatic heterocycles. The van der Waals surface area contributed by atoms with Gasteiger partial charge in [0.15, 0.2) is 5.78 Å². The molecule has 0 bridgehead atoms. The van der Waals surface area contributed by atoms with Crippen molar-refractivity contribution in [1.82, 2.24) is 0 Å². The zero-order chi connectivity index (χ0) is 23.0. The first kappa shape index (κ1) is 22.5. The van der Waals surface area contributed by atoms with Crippen molar-refractivity contribution in [3.63, 3.8) is 0 Å². The van der Waals surface area contributed by atoms with Gasteiger partial charge in [-0.15, -0.1) is 0 Å². The molecule has 2 aliphatic rings. The SMILES string of the molecule is CCOC(=O)C1(C(=O)OCC)Oc2ccccc2/C1=C1\C=C(C)C(=O)C(C(C)(C)C)=C1. The second-order valence-electron chi connectivity index (χ2n) is 8.52. The lowest BCUT2D eigenvalue weighted by molar-refractivity contribution is -0.172. The second kappa shape index (κ2) is 8.17. The predicted molar refractivity (Wildman–Crippen MR) is 116 cm³/mol. The van der Waals surface area contributed by atoms with Gasteiger partial charge >= 0.3 is 17.5 Å². The Hall–Kier alpha value is -3.15. The van der Waals surface area contributed by atoms with Gasteiger partial charge in [0.1, 0.15) is 5.75 Å². The lowest BCUT2D eigenvalue weighted by atomic mass is 9.76. The molecule has 3 rings (SSSR count). The van der Waals surface area contributed by atoms with Crippen LogP contribution in [0.25, 0.3) is 5.57 Å². The van der Waals surface area contributed by atoms with Crippen molar-refractivity contribution in [2.45, 2.75) is 47.1 Å². The number of ketones is 1. The summed E-state index contributed by atoms with van der Waals surface area (Å²) in [5.74, 6) is -1.39. The minimum absolute atomic E-state index is 0.0677. The zero-order valence-electron chi connectivity index (χ0n) is 18.8. The molecule has 1 aliphatic carbocycles. The van der Waals surface area contributed by atoms with Gasteiger partial charge in [-0.25, -0.2) is 9.59 Å². The maximum absolute atomic E-state index is 13.2. The molecule has 0 spiro atoms. The highest BCUT2D eigenvalue weighted by Gasteiger charge is 2.60. The van der Waals surface area contributed by atoms with Crippen LogP contribution >= 0.6 is 0 Å². The number of carbonyl (C=O) groups is 3. The van der Waals surface area contributed by atoms with Crippen molar-refractivity contribution in [3.8, 4) is 5.75 Å². The largest absolute Gasteiger partial charge is 0.462 e. The fourth-order valence-electron chi connectivity index (χ4n) is 3.84. The van der Waals surface area contributed by atoms with Gasteiger partial charge in [0, 0.05) is 16.7 Å². The third-order valence-corrected chi connectivity index (χ3v) is 5.27. The van der Waals surface area contributed by atoms with Gasteiger partial charge in [0.25, 0.3) is 0 Å². The van der Waals surface area contributed by atoms with Crippen LogP contribution in [0, 0.1) is 5.41 Å². The molecule has 0 N–H and O–H groups in total. The molecule has 0 atom stereocenters. The molecule has 164 valence electrons. The average Bonchev–Trinajstić information content (AvgIpc) is 3.06. The summed E-state index contributed by atoms with van der Waals surface area (Å²) in [4.78, 5) is 39.3. The predicted octanol–water partition coefficient (Wildman–Crippen LogP) is 4.20. The van der Waals surface area contributed by atoms with Gasteiger partial charge in [0.05, 0.1) is 13.2 Å². The summed E-state index contributed by atoms with van der Waals surface area (Å²) in [5, 5.41) is 0. The van der Waals surface area contributed by atoms with Crippen molar-refractivity contribution < 1.29 is 28.6 Å². The van der Waals surface area contributed by atoms with E-state index in [0.29, 0.717) is 33.6 Å². The van der Waals surface area contributed by atoms with Crippen molar-refractivity contribution in [2.75, 3.05) is 13.2 Å². The van der Waals surface area contributed by atoms with Crippen LogP contribution in [0.1, 0.15) is 47.1 Å². The number of ether oxygens (including phenoxy) is 3. The summed E-state index contributed by atoms with van der Waals surface area (Å²) in [6.45, 7) is 11.0. The van der Waals surface area contributed by atoms with E-state index in [1.807, 2.05) is 20.8 Å². The van der Waals surface area contributed by atoms with Gasteiger partial charge < -0.3 is 14.2 Å². The molecule has 0 amide bonds. The zero-order valence-corrected chi connectivity index (χ0v) is 18.8. The van der Waals surface area contributed by atoms with E-state index in [9.17, 15) is 14.4 Å². The van der Waals surface area contributed by atoms with Crippen LogP contribution in [-0.2, 0) is 23.9 Å². The first-order valence-electron chi connectivity index (χ1n) is 10.4. The van der Waals surface area contributed by atoms with Gasteiger partial charge in [-0.1, -0.05) is 39.0 Å². The van der Waals surface area contributed by atoms with E-state index in [1.165, 1.54) is 0 Å². The van der Waals surface area contributed by atoms with Crippen LogP contribution < -0.4 is 4.74 Å². The summed E-state index contributed by atoms with van der Waals surface area (Å²) >= 11 is 0. The number of allylic oxidation sites excluding steroid dienone is 5. The summed E-state index contributed by atoms with van der Waals surface area (Å²) in [5.41, 5.74) is 0.0143. The minimum Gasteiger partial charge on any atom is -0.462 e. The number of hydrogen-bond donors (Lipinski definition) is 0. The highest BCUT2D eigenvalue weighted by Crippen LogP contribution is 2.49. The maximum Gasteiger partial charge on any atom is 0.367 e.